The van der Waals surface area contributed by atoms with E-state index in [4.69, 9.17) is 11.6 Å². The first-order valence-electron chi connectivity index (χ1n) is 3.71. The highest BCUT2D eigenvalue weighted by molar-refractivity contribution is 7.72. The quantitative estimate of drug-likeness (QED) is 0.569. The van der Waals surface area contributed by atoms with Gasteiger partial charge in [-0.15, -0.1) is 0 Å². The van der Waals surface area contributed by atoms with Gasteiger partial charge >= 0.3 is 0 Å². The summed E-state index contributed by atoms with van der Waals surface area (Å²) in [7, 11) is -5.54. The van der Waals surface area contributed by atoms with Crippen LogP contribution in [-0.2, 0) is 27.2 Å². The number of rotatable bonds is 3. The van der Waals surface area contributed by atoms with E-state index in [1.54, 1.807) is 0 Å². The van der Waals surface area contributed by atoms with Crippen molar-refractivity contribution in [3.05, 3.63) is 16.7 Å². The van der Waals surface area contributed by atoms with Crippen molar-refractivity contribution < 1.29 is 16.8 Å². The molecule has 0 radical (unpaired) electrons. The second-order valence-electron chi connectivity index (χ2n) is 2.61. The van der Waals surface area contributed by atoms with Gasteiger partial charge < -0.3 is 0 Å². The molecule has 0 fully saturated rings. The first-order valence-corrected chi connectivity index (χ1v) is 6.63. The standard InChI is InChI=1S/C6H7ClN2O4S2/c1-3-5(15(12)13)6(7)9-4(8-3)2-14(10)11/h14-15H,2H2,1H3. The van der Waals surface area contributed by atoms with E-state index >= 15 is 0 Å². The molecule has 0 aliphatic heterocycles. The van der Waals surface area contributed by atoms with Crippen LogP contribution in [0.1, 0.15) is 11.5 Å². The Kier molecular flexibility index (Phi) is 4.00. The molecule has 1 aromatic rings. The molecular formula is C6H7ClN2O4S2. The fourth-order valence-electron chi connectivity index (χ4n) is 0.981. The third-order valence-electron chi connectivity index (χ3n) is 1.52. The third kappa shape index (κ3) is 3.11. The van der Waals surface area contributed by atoms with E-state index in [1.807, 2.05) is 0 Å². The lowest BCUT2D eigenvalue weighted by atomic mass is 10.4. The van der Waals surface area contributed by atoms with Crippen LogP contribution in [0, 0.1) is 6.92 Å². The van der Waals surface area contributed by atoms with Crippen LogP contribution in [0.3, 0.4) is 0 Å². The molecule has 0 bridgehead atoms. The summed E-state index contributed by atoms with van der Waals surface area (Å²) in [5, 5.41) is -0.245. The summed E-state index contributed by atoms with van der Waals surface area (Å²) in [5.41, 5.74) is 0.151. The van der Waals surface area contributed by atoms with Gasteiger partial charge in [0, 0.05) is 0 Å². The average molecular weight is 271 g/mol. The van der Waals surface area contributed by atoms with Gasteiger partial charge in [0.2, 0.25) is 0 Å². The summed E-state index contributed by atoms with van der Waals surface area (Å²) in [4.78, 5) is 7.14. The molecule has 0 amide bonds. The van der Waals surface area contributed by atoms with Crippen molar-refractivity contribution in [1.29, 1.82) is 0 Å². The normalized spacial score (nSPS) is 11.2. The van der Waals surface area contributed by atoms with Crippen molar-refractivity contribution in [3.63, 3.8) is 0 Å². The summed E-state index contributed by atoms with van der Waals surface area (Å²) in [5.74, 6) is -0.361. The van der Waals surface area contributed by atoms with Gasteiger partial charge in [0.1, 0.15) is 27.2 Å². The fourth-order valence-corrected chi connectivity index (χ4v) is 2.31. The molecule has 9 heteroatoms. The molecule has 0 N–H and O–H groups in total. The molecule has 0 unspecified atom stereocenters. The average Bonchev–Trinajstić information content (AvgIpc) is 1.99. The number of aromatic nitrogens is 2. The minimum atomic E-state index is -2.88. The summed E-state index contributed by atoms with van der Waals surface area (Å²) in [6.07, 6.45) is 0. The van der Waals surface area contributed by atoms with Crippen molar-refractivity contribution in [2.24, 2.45) is 0 Å². The number of hydrogen-bond acceptors (Lipinski definition) is 6. The predicted octanol–water partition coefficient (Wildman–Crippen LogP) is -0.480. The van der Waals surface area contributed by atoms with Crippen LogP contribution >= 0.6 is 11.6 Å². The van der Waals surface area contributed by atoms with E-state index in [0.717, 1.165) is 0 Å². The van der Waals surface area contributed by atoms with Crippen molar-refractivity contribution in [2.75, 3.05) is 0 Å². The van der Waals surface area contributed by atoms with E-state index < -0.39 is 21.4 Å². The zero-order valence-electron chi connectivity index (χ0n) is 7.51. The van der Waals surface area contributed by atoms with Crippen LogP contribution in [-0.4, -0.2) is 26.8 Å². The molecule has 0 aromatic carbocycles. The summed E-state index contributed by atoms with van der Waals surface area (Å²) >= 11 is 5.58. The molecule has 1 rings (SSSR count). The number of hydrogen-bond donors (Lipinski definition) is 2. The van der Waals surface area contributed by atoms with Crippen LogP contribution in [0.4, 0.5) is 0 Å². The highest BCUT2D eigenvalue weighted by atomic mass is 35.5. The molecule has 1 aromatic heterocycles. The highest BCUT2D eigenvalue weighted by Crippen LogP contribution is 2.17. The Bertz CT molecular complexity index is 499. The Labute approximate surface area is 94.2 Å². The van der Waals surface area contributed by atoms with E-state index in [2.05, 4.69) is 9.97 Å². The lowest BCUT2D eigenvalue weighted by Crippen LogP contribution is -2.02. The highest BCUT2D eigenvalue weighted by Gasteiger charge is 2.12. The molecule has 0 aliphatic rings. The molecule has 15 heavy (non-hydrogen) atoms. The zero-order valence-corrected chi connectivity index (χ0v) is 10.1. The van der Waals surface area contributed by atoms with Gasteiger partial charge in [-0.1, -0.05) is 11.6 Å². The van der Waals surface area contributed by atoms with Gasteiger partial charge in [0.25, 0.3) is 0 Å². The Balaban J connectivity index is 3.31. The van der Waals surface area contributed by atoms with E-state index in [1.165, 1.54) is 6.92 Å². The second-order valence-corrected chi connectivity index (χ2v) is 4.91. The summed E-state index contributed by atoms with van der Waals surface area (Å²) < 4.78 is 42.3. The van der Waals surface area contributed by atoms with Gasteiger partial charge in [0.05, 0.1) is 5.69 Å². The van der Waals surface area contributed by atoms with Crippen molar-refractivity contribution in [1.82, 2.24) is 9.97 Å². The maximum Gasteiger partial charge on any atom is 0.173 e. The Morgan fingerprint density at radius 3 is 2.20 bits per heavy atom. The van der Waals surface area contributed by atoms with Crippen molar-refractivity contribution >= 4 is 33.0 Å². The molecule has 0 saturated carbocycles. The van der Waals surface area contributed by atoms with Gasteiger partial charge in [-0.2, -0.15) is 0 Å². The Morgan fingerprint density at radius 1 is 1.20 bits per heavy atom. The smallest absolute Gasteiger partial charge is 0.173 e. The molecule has 6 nitrogen and oxygen atoms in total. The Hall–Kier alpha value is -0.730. The number of thiol groups is 2. The molecule has 0 atom stereocenters. The van der Waals surface area contributed by atoms with Gasteiger partial charge in [0.15, 0.2) is 15.9 Å². The molecule has 1 heterocycles. The fraction of sp³-hybridized carbons (Fsp3) is 0.333. The molecule has 0 aliphatic carbocycles. The van der Waals surface area contributed by atoms with Crippen molar-refractivity contribution in [3.8, 4) is 0 Å². The SMILES string of the molecule is Cc1nc(C[SH](=O)=O)nc(Cl)c1[SH](=O)=O. The third-order valence-corrected chi connectivity index (χ3v) is 3.36. The lowest BCUT2D eigenvalue weighted by molar-refractivity contribution is 0.612. The Morgan fingerprint density at radius 2 is 1.80 bits per heavy atom. The largest absolute Gasteiger partial charge is 0.236 e. The van der Waals surface area contributed by atoms with Crippen LogP contribution in [0.5, 0.6) is 0 Å². The molecule has 0 spiro atoms. The molecule has 84 valence electrons. The summed E-state index contributed by atoms with van der Waals surface area (Å²) in [6.45, 7) is 1.43. The number of aryl methyl sites for hydroxylation is 1. The minimum absolute atomic E-state index is 0.00536. The first-order chi connectivity index (χ1) is 6.91. The number of nitrogens with zero attached hydrogens (tertiary/aromatic N) is 2. The zero-order chi connectivity index (χ0) is 11.6. The monoisotopic (exact) mass is 270 g/mol. The van der Waals surface area contributed by atoms with Gasteiger partial charge in [-0.05, 0) is 6.92 Å². The van der Waals surface area contributed by atoms with Gasteiger partial charge in [-0.3, -0.25) is 0 Å². The van der Waals surface area contributed by atoms with Crippen LogP contribution in [0.15, 0.2) is 4.90 Å². The predicted molar refractivity (Wildman–Crippen MR) is 54.4 cm³/mol. The number of halogens is 1. The van der Waals surface area contributed by atoms with Crippen molar-refractivity contribution in [2.45, 2.75) is 17.6 Å². The maximum atomic E-state index is 10.7. The second kappa shape index (κ2) is 4.86. The van der Waals surface area contributed by atoms with E-state index in [0.29, 0.717) is 0 Å². The van der Waals surface area contributed by atoms with Gasteiger partial charge in [-0.25, -0.2) is 26.8 Å². The van der Waals surface area contributed by atoms with Crippen LogP contribution in [0.25, 0.3) is 0 Å². The van der Waals surface area contributed by atoms with Crippen LogP contribution in [0.2, 0.25) is 5.15 Å². The van der Waals surface area contributed by atoms with E-state index in [-0.39, 0.29) is 27.3 Å². The molecular weight excluding hydrogens is 264 g/mol. The topological polar surface area (TPSA) is 94.1 Å². The summed E-state index contributed by atoms with van der Waals surface area (Å²) in [6, 6.07) is 0. The minimum Gasteiger partial charge on any atom is -0.236 e. The first kappa shape index (κ1) is 12.3. The molecule has 0 saturated heterocycles. The maximum absolute atomic E-state index is 10.7. The van der Waals surface area contributed by atoms with E-state index in [9.17, 15) is 16.8 Å². The van der Waals surface area contributed by atoms with Crippen LogP contribution < -0.4 is 0 Å². The lowest BCUT2D eigenvalue weighted by Gasteiger charge is -2.02.